The molecule has 2 unspecified atom stereocenters. The van der Waals surface area contributed by atoms with E-state index in [0.717, 1.165) is 31.8 Å². The molecule has 1 heterocycles. The fourth-order valence-corrected chi connectivity index (χ4v) is 2.99. The van der Waals surface area contributed by atoms with Crippen molar-refractivity contribution in [3.05, 3.63) is 18.2 Å². The zero-order valence-corrected chi connectivity index (χ0v) is 13.8. The summed E-state index contributed by atoms with van der Waals surface area (Å²) in [5.74, 6) is 0.955. The molecule has 116 valence electrons. The smallest absolute Gasteiger partial charge is 0.151 e. The van der Waals surface area contributed by atoms with Gasteiger partial charge in [-0.2, -0.15) is 0 Å². The molecule has 0 spiro atoms. The number of rotatable bonds is 9. The lowest BCUT2D eigenvalue weighted by atomic mass is 10.1. The van der Waals surface area contributed by atoms with E-state index in [1.54, 1.807) is 13.1 Å². The molecule has 0 saturated heterocycles. The van der Waals surface area contributed by atoms with Crippen LogP contribution in [0, 0.1) is 0 Å². The second-order valence-electron chi connectivity index (χ2n) is 5.34. The lowest BCUT2D eigenvalue weighted by Gasteiger charge is -2.24. The molecule has 0 aliphatic rings. The normalized spacial score (nSPS) is 15.2. The molecule has 6 heteroatoms. The van der Waals surface area contributed by atoms with Gasteiger partial charge in [-0.15, -0.1) is 0 Å². The van der Waals surface area contributed by atoms with Crippen molar-refractivity contribution in [1.29, 1.82) is 0 Å². The molecule has 0 saturated carbocycles. The van der Waals surface area contributed by atoms with Crippen LogP contribution in [0.3, 0.4) is 0 Å². The van der Waals surface area contributed by atoms with Gasteiger partial charge in [0.05, 0.1) is 5.25 Å². The highest BCUT2D eigenvalue weighted by Crippen LogP contribution is 2.11. The van der Waals surface area contributed by atoms with E-state index < -0.39 is 15.1 Å². The highest BCUT2D eigenvalue weighted by Gasteiger charge is 2.26. The Hall–Kier alpha value is -0.880. The lowest BCUT2D eigenvalue weighted by molar-refractivity contribution is 0.465. The van der Waals surface area contributed by atoms with Gasteiger partial charge in [-0.1, -0.05) is 13.8 Å². The van der Waals surface area contributed by atoms with Gasteiger partial charge >= 0.3 is 0 Å². The third kappa shape index (κ3) is 4.90. The fourth-order valence-electron chi connectivity index (χ4n) is 2.20. The van der Waals surface area contributed by atoms with Crippen molar-refractivity contribution in [1.82, 2.24) is 14.9 Å². The first-order chi connectivity index (χ1) is 9.40. The molecule has 2 atom stereocenters. The van der Waals surface area contributed by atoms with Crippen LogP contribution in [0.25, 0.3) is 0 Å². The zero-order valence-electron chi connectivity index (χ0n) is 13.0. The molecule has 5 nitrogen and oxygen atoms in total. The molecule has 1 rings (SSSR count). The van der Waals surface area contributed by atoms with Crippen molar-refractivity contribution in [3.8, 4) is 0 Å². The molecule has 0 aliphatic carbocycles. The van der Waals surface area contributed by atoms with Gasteiger partial charge in [-0.05, 0) is 26.3 Å². The topological polar surface area (TPSA) is 64.0 Å². The number of nitrogens with zero attached hydrogens (tertiary/aromatic N) is 2. The van der Waals surface area contributed by atoms with Crippen LogP contribution in [0.4, 0.5) is 0 Å². The minimum Gasteiger partial charge on any atom is -0.335 e. The predicted octanol–water partition coefficient (Wildman–Crippen LogP) is 1.64. The summed E-state index contributed by atoms with van der Waals surface area (Å²) in [4.78, 5) is 4.38. The second-order valence-corrected chi connectivity index (χ2v) is 7.74. The van der Waals surface area contributed by atoms with E-state index >= 15 is 0 Å². The largest absolute Gasteiger partial charge is 0.335 e. The van der Waals surface area contributed by atoms with Crippen LogP contribution in [-0.4, -0.2) is 42.1 Å². The molecule has 0 radical (unpaired) electrons. The lowest BCUT2D eigenvalue weighted by Crippen LogP contribution is -2.44. The summed E-state index contributed by atoms with van der Waals surface area (Å²) < 4.78 is 25.7. The summed E-state index contributed by atoms with van der Waals surface area (Å²) in [6.45, 7) is 7.71. The van der Waals surface area contributed by atoms with E-state index in [1.807, 2.05) is 6.20 Å². The standard InChI is InChI=1S/C14H27N3O2S/c1-5-7-15-13(12(3)20(4,18)19)11-14-16-8-10-17(14)9-6-2/h8,10,12-13,15H,5-7,9,11H2,1-4H3. The maximum Gasteiger partial charge on any atom is 0.151 e. The van der Waals surface area contributed by atoms with Crippen LogP contribution in [0.15, 0.2) is 12.4 Å². The molecule has 1 aromatic rings. The zero-order chi connectivity index (χ0) is 15.2. The summed E-state index contributed by atoms with van der Waals surface area (Å²) in [5.41, 5.74) is 0. The summed E-state index contributed by atoms with van der Waals surface area (Å²) in [5, 5.41) is 2.93. The maximum absolute atomic E-state index is 11.8. The van der Waals surface area contributed by atoms with Crippen LogP contribution < -0.4 is 5.32 Å². The molecule has 0 bridgehead atoms. The van der Waals surface area contributed by atoms with Crippen molar-refractivity contribution < 1.29 is 8.42 Å². The molecule has 1 N–H and O–H groups in total. The van der Waals surface area contributed by atoms with E-state index in [4.69, 9.17) is 0 Å². The van der Waals surface area contributed by atoms with Gasteiger partial charge in [0.1, 0.15) is 5.82 Å². The molecular weight excluding hydrogens is 274 g/mol. The van der Waals surface area contributed by atoms with Gasteiger partial charge < -0.3 is 9.88 Å². The molecule has 20 heavy (non-hydrogen) atoms. The van der Waals surface area contributed by atoms with E-state index in [9.17, 15) is 8.42 Å². The average Bonchev–Trinajstić information content (AvgIpc) is 2.80. The summed E-state index contributed by atoms with van der Waals surface area (Å²) in [6, 6.07) is -0.0945. The van der Waals surface area contributed by atoms with Crippen LogP contribution in [-0.2, 0) is 22.8 Å². The fraction of sp³-hybridized carbons (Fsp3) is 0.786. The predicted molar refractivity (Wildman–Crippen MR) is 82.6 cm³/mol. The van der Waals surface area contributed by atoms with E-state index in [2.05, 4.69) is 28.7 Å². The second kappa shape index (κ2) is 7.78. The van der Waals surface area contributed by atoms with Gasteiger partial charge in [0.25, 0.3) is 0 Å². The number of aryl methyl sites for hydroxylation is 1. The van der Waals surface area contributed by atoms with E-state index in [1.165, 1.54) is 6.26 Å². The Morgan fingerprint density at radius 1 is 1.35 bits per heavy atom. The van der Waals surface area contributed by atoms with Crippen LogP contribution >= 0.6 is 0 Å². The van der Waals surface area contributed by atoms with Crippen molar-refractivity contribution in [3.63, 3.8) is 0 Å². The summed E-state index contributed by atoms with van der Waals surface area (Å²) in [7, 11) is -3.06. The van der Waals surface area contributed by atoms with Crippen LogP contribution in [0.5, 0.6) is 0 Å². The first kappa shape index (κ1) is 17.2. The number of nitrogens with one attached hydrogen (secondary N) is 1. The number of imidazole rings is 1. The van der Waals surface area contributed by atoms with Gasteiger partial charge in [0.15, 0.2) is 9.84 Å². The minimum atomic E-state index is -3.06. The Kier molecular flexibility index (Phi) is 6.68. The molecule has 0 aromatic carbocycles. The van der Waals surface area contributed by atoms with Gasteiger partial charge in [-0.25, -0.2) is 13.4 Å². The van der Waals surface area contributed by atoms with Crippen molar-refractivity contribution in [2.75, 3.05) is 12.8 Å². The Morgan fingerprint density at radius 3 is 2.60 bits per heavy atom. The van der Waals surface area contributed by atoms with E-state index in [-0.39, 0.29) is 6.04 Å². The number of aromatic nitrogens is 2. The third-order valence-electron chi connectivity index (χ3n) is 3.57. The maximum atomic E-state index is 11.8. The highest BCUT2D eigenvalue weighted by atomic mass is 32.2. The van der Waals surface area contributed by atoms with Crippen molar-refractivity contribution in [2.45, 2.75) is 57.9 Å². The Morgan fingerprint density at radius 2 is 2.05 bits per heavy atom. The highest BCUT2D eigenvalue weighted by molar-refractivity contribution is 7.91. The summed E-state index contributed by atoms with van der Waals surface area (Å²) in [6.07, 6.45) is 7.71. The first-order valence-electron chi connectivity index (χ1n) is 7.32. The number of sulfone groups is 1. The van der Waals surface area contributed by atoms with Crippen molar-refractivity contribution >= 4 is 9.84 Å². The SMILES string of the molecule is CCCNC(Cc1nccn1CCC)C(C)S(C)(=O)=O. The van der Waals surface area contributed by atoms with E-state index in [0.29, 0.717) is 6.42 Å². The molecule has 0 aliphatic heterocycles. The number of hydrogen-bond donors (Lipinski definition) is 1. The van der Waals surface area contributed by atoms with Crippen LogP contribution in [0.2, 0.25) is 0 Å². The van der Waals surface area contributed by atoms with Gasteiger partial charge in [0.2, 0.25) is 0 Å². The molecular formula is C14H27N3O2S. The van der Waals surface area contributed by atoms with Crippen molar-refractivity contribution in [2.24, 2.45) is 0 Å². The monoisotopic (exact) mass is 301 g/mol. The minimum absolute atomic E-state index is 0.0945. The van der Waals surface area contributed by atoms with Gasteiger partial charge in [-0.3, -0.25) is 0 Å². The third-order valence-corrected chi connectivity index (χ3v) is 5.25. The first-order valence-corrected chi connectivity index (χ1v) is 9.27. The Balaban J connectivity index is 2.86. The van der Waals surface area contributed by atoms with Crippen LogP contribution in [0.1, 0.15) is 39.4 Å². The Labute approximate surface area is 122 Å². The summed E-state index contributed by atoms with van der Waals surface area (Å²) >= 11 is 0. The number of hydrogen-bond acceptors (Lipinski definition) is 4. The molecule has 1 aromatic heterocycles. The Bertz CT molecular complexity index is 496. The van der Waals surface area contributed by atoms with Gasteiger partial charge in [0, 0.05) is 37.7 Å². The average molecular weight is 301 g/mol. The quantitative estimate of drug-likeness (QED) is 0.753. The molecule has 0 fully saturated rings. The molecule has 0 amide bonds.